The van der Waals surface area contributed by atoms with Gasteiger partial charge in [0.25, 0.3) is 0 Å². The molecule has 0 saturated carbocycles. The molecule has 0 aromatic rings. The van der Waals surface area contributed by atoms with E-state index >= 15 is 0 Å². The first kappa shape index (κ1) is 16.0. The average molecular weight is 291 g/mol. The molecule has 2 heterocycles. The Morgan fingerprint density at radius 3 is 2.79 bits per heavy atom. The minimum Gasteiger partial charge on any atom is -0.351 e. The summed E-state index contributed by atoms with van der Waals surface area (Å²) >= 11 is 0. The molecule has 6 nitrogen and oxygen atoms in total. The maximum atomic E-state index is 11.9. The fourth-order valence-corrected chi connectivity index (χ4v) is 2.50. The monoisotopic (exact) mass is 290 g/mol. The van der Waals surface area contributed by atoms with E-state index in [9.17, 15) is 9.59 Å². The lowest BCUT2D eigenvalue weighted by Crippen LogP contribution is -2.50. The lowest BCUT2D eigenvalue weighted by molar-refractivity contribution is -0.122. The first-order valence-electron chi connectivity index (χ1n) is 6.58. The Labute approximate surface area is 120 Å². The van der Waals surface area contributed by atoms with Crippen LogP contribution >= 0.6 is 12.4 Å². The Balaban J connectivity index is 0.00000180. The van der Waals surface area contributed by atoms with E-state index in [0.717, 1.165) is 19.5 Å². The highest BCUT2D eigenvalue weighted by Gasteiger charge is 2.28. The molecule has 0 aliphatic carbocycles. The van der Waals surface area contributed by atoms with Crippen molar-refractivity contribution in [2.75, 3.05) is 39.8 Å². The third-order valence-electron chi connectivity index (χ3n) is 3.77. The molecule has 0 spiro atoms. The Kier molecular flexibility index (Phi) is 5.87. The third-order valence-corrected chi connectivity index (χ3v) is 3.77. The topological polar surface area (TPSA) is 64.7 Å². The van der Waals surface area contributed by atoms with Gasteiger partial charge in [-0.05, 0) is 25.4 Å². The van der Waals surface area contributed by atoms with Crippen LogP contribution in [0.5, 0.6) is 0 Å². The summed E-state index contributed by atoms with van der Waals surface area (Å²) in [6, 6.07) is 0.178. The van der Waals surface area contributed by atoms with Crippen molar-refractivity contribution in [1.29, 1.82) is 0 Å². The van der Waals surface area contributed by atoms with Crippen molar-refractivity contribution in [2.45, 2.75) is 19.4 Å². The molecule has 0 aromatic heterocycles. The molecule has 2 N–H and O–H groups in total. The van der Waals surface area contributed by atoms with E-state index in [4.69, 9.17) is 0 Å². The Morgan fingerprint density at radius 2 is 2.21 bits per heavy atom. The van der Waals surface area contributed by atoms with Gasteiger partial charge in [-0.25, -0.2) is 4.79 Å². The molecule has 0 radical (unpaired) electrons. The van der Waals surface area contributed by atoms with E-state index in [1.54, 1.807) is 16.8 Å². The minimum absolute atomic E-state index is 0. The number of rotatable bonds is 3. The highest BCUT2D eigenvalue weighted by molar-refractivity contribution is 5.85. The molecule has 2 aliphatic rings. The molecule has 110 valence electrons. The van der Waals surface area contributed by atoms with Gasteiger partial charge in [-0.15, -0.1) is 12.4 Å². The average Bonchev–Trinajstić information content (AvgIpc) is 2.64. The molecule has 0 aromatic carbocycles. The number of nitrogens with one attached hydrogen (secondary N) is 2. The predicted octanol–water partition coefficient (Wildman–Crippen LogP) is -0.110. The van der Waals surface area contributed by atoms with Crippen molar-refractivity contribution in [2.24, 2.45) is 5.92 Å². The minimum atomic E-state index is -0.0523. The molecule has 7 heteroatoms. The standard InChI is InChI=1S/C12H22N4O2.ClH/c1-9-7-13-4-3-10(9)14-11(17)8-16-6-5-15(2)12(16)18;/h9-10,13H,3-8H2,1-2H3,(H,14,17);1H/t9-,10+;/m0./s1. The first-order chi connectivity index (χ1) is 8.58. The van der Waals surface area contributed by atoms with Crippen LogP contribution in [0.1, 0.15) is 13.3 Å². The molecule has 3 amide bonds. The van der Waals surface area contributed by atoms with Crippen molar-refractivity contribution >= 4 is 24.3 Å². The van der Waals surface area contributed by atoms with Crippen molar-refractivity contribution in [3.63, 3.8) is 0 Å². The van der Waals surface area contributed by atoms with E-state index < -0.39 is 0 Å². The maximum Gasteiger partial charge on any atom is 0.320 e. The largest absolute Gasteiger partial charge is 0.351 e. The van der Waals surface area contributed by atoms with Gasteiger partial charge in [0.15, 0.2) is 0 Å². The number of carbonyl (C=O) groups is 2. The van der Waals surface area contributed by atoms with Crippen LogP contribution in [-0.2, 0) is 4.79 Å². The maximum absolute atomic E-state index is 11.9. The normalized spacial score (nSPS) is 27.2. The summed E-state index contributed by atoms with van der Waals surface area (Å²) in [5, 5.41) is 6.34. The van der Waals surface area contributed by atoms with Gasteiger partial charge in [0.2, 0.25) is 5.91 Å². The highest BCUT2D eigenvalue weighted by atomic mass is 35.5. The van der Waals surface area contributed by atoms with Gasteiger partial charge in [0, 0.05) is 26.2 Å². The number of nitrogens with zero attached hydrogens (tertiary/aromatic N) is 2. The van der Waals surface area contributed by atoms with E-state index in [1.165, 1.54) is 0 Å². The van der Waals surface area contributed by atoms with E-state index in [0.29, 0.717) is 19.0 Å². The van der Waals surface area contributed by atoms with Crippen molar-refractivity contribution in [1.82, 2.24) is 20.4 Å². The number of hydrogen-bond acceptors (Lipinski definition) is 3. The highest BCUT2D eigenvalue weighted by Crippen LogP contribution is 2.11. The number of urea groups is 1. The van der Waals surface area contributed by atoms with Gasteiger partial charge in [0.1, 0.15) is 6.54 Å². The van der Waals surface area contributed by atoms with Crippen LogP contribution in [-0.4, -0.2) is 67.6 Å². The van der Waals surface area contributed by atoms with Crippen LogP contribution in [0.2, 0.25) is 0 Å². The number of halogens is 1. The summed E-state index contributed by atoms with van der Waals surface area (Å²) < 4.78 is 0. The molecule has 0 unspecified atom stereocenters. The molecule has 2 saturated heterocycles. The molecular formula is C12H23ClN4O2. The van der Waals surface area contributed by atoms with Crippen molar-refractivity contribution < 1.29 is 9.59 Å². The quantitative estimate of drug-likeness (QED) is 0.762. The smallest absolute Gasteiger partial charge is 0.320 e. The van der Waals surface area contributed by atoms with Gasteiger partial charge in [0.05, 0.1) is 0 Å². The molecular weight excluding hydrogens is 268 g/mol. The van der Waals surface area contributed by atoms with Gasteiger partial charge >= 0.3 is 6.03 Å². The van der Waals surface area contributed by atoms with Crippen LogP contribution in [0.25, 0.3) is 0 Å². The number of likely N-dealkylation sites (N-methyl/N-ethyl adjacent to an activating group) is 1. The van der Waals surface area contributed by atoms with Crippen LogP contribution in [0.15, 0.2) is 0 Å². The zero-order valence-electron chi connectivity index (χ0n) is 11.5. The van der Waals surface area contributed by atoms with Crippen molar-refractivity contribution in [3.8, 4) is 0 Å². The number of piperidine rings is 1. The summed E-state index contributed by atoms with van der Waals surface area (Å²) in [6.45, 7) is 5.54. The Morgan fingerprint density at radius 1 is 1.47 bits per heavy atom. The van der Waals surface area contributed by atoms with Gasteiger partial charge in [-0.3, -0.25) is 4.79 Å². The Bertz CT molecular complexity index is 340. The van der Waals surface area contributed by atoms with Gasteiger partial charge in [-0.1, -0.05) is 6.92 Å². The summed E-state index contributed by atoms with van der Waals surface area (Å²) in [7, 11) is 1.76. The lowest BCUT2D eigenvalue weighted by atomic mass is 9.95. The molecule has 2 aliphatic heterocycles. The predicted molar refractivity (Wildman–Crippen MR) is 75.4 cm³/mol. The second-order valence-electron chi connectivity index (χ2n) is 5.27. The second kappa shape index (κ2) is 6.96. The zero-order valence-corrected chi connectivity index (χ0v) is 12.3. The molecule has 2 rings (SSSR count). The third kappa shape index (κ3) is 3.98. The number of hydrogen-bond donors (Lipinski definition) is 2. The van der Waals surface area contributed by atoms with Gasteiger partial charge < -0.3 is 20.4 Å². The van der Waals surface area contributed by atoms with Crippen LogP contribution < -0.4 is 10.6 Å². The molecule has 0 bridgehead atoms. The summed E-state index contributed by atoms with van der Waals surface area (Å²) in [6.07, 6.45) is 0.959. The lowest BCUT2D eigenvalue weighted by Gasteiger charge is -2.30. The van der Waals surface area contributed by atoms with Crippen LogP contribution in [0.3, 0.4) is 0 Å². The van der Waals surface area contributed by atoms with Crippen LogP contribution in [0, 0.1) is 5.92 Å². The second-order valence-corrected chi connectivity index (χ2v) is 5.27. The van der Waals surface area contributed by atoms with E-state index in [-0.39, 0.29) is 36.9 Å². The summed E-state index contributed by atoms with van der Waals surface area (Å²) in [5.41, 5.74) is 0. The Hall–Kier alpha value is -1.01. The fraction of sp³-hybridized carbons (Fsp3) is 0.833. The summed E-state index contributed by atoms with van der Waals surface area (Å²) in [5.74, 6) is 0.400. The van der Waals surface area contributed by atoms with Crippen LogP contribution in [0.4, 0.5) is 4.79 Å². The molecule has 2 atom stereocenters. The summed E-state index contributed by atoms with van der Waals surface area (Å²) in [4.78, 5) is 26.8. The van der Waals surface area contributed by atoms with E-state index in [2.05, 4.69) is 17.6 Å². The van der Waals surface area contributed by atoms with Crippen molar-refractivity contribution in [3.05, 3.63) is 0 Å². The first-order valence-corrected chi connectivity index (χ1v) is 6.58. The fourth-order valence-electron chi connectivity index (χ4n) is 2.50. The van der Waals surface area contributed by atoms with Gasteiger partial charge in [-0.2, -0.15) is 0 Å². The SMILES string of the molecule is C[C@H]1CNCC[C@H]1NC(=O)CN1CCN(C)C1=O.Cl. The number of carbonyl (C=O) groups excluding carboxylic acids is 2. The zero-order chi connectivity index (χ0) is 13.1. The number of amides is 3. The molecule has 19 heavy (non-hydrogen) atoms. The van der Waals surface area contributed by atoms with E-state index in [1.807, 2.05) is 0 Å². The molecule has 2 fully saturated rings.